The van der Waals surface area contributed by atoms with Crippen LogP contribution in [0.2, 0.25) is 0 Å². The molecule has 0 amide bonds. The lowest BCUT2D eigenvalue weighted by Gasteiger charge is -2.22. The van der Waals surface area contributed by atoms with Gasteiger partial charge < -0.3 is 4.42 Å². The summed E-state index contributed by atoms with van der Waals surface area (Å²) in [7, 11) is 2.17. The van der Waals surface area contributed by atoms with Gasteiger partial charge in [-0.25, -0.2) is 0 Å². The monoisotopic (exact) mass is 283 g/mol. The molecule has 2 atom stereocenters. The smallest absolute Gasteiger partial charge is 0.230 e. The molecule has 0 N–H and O–H groups in total. The van der Waals surface area contributed by atoms with Crippen LogP contribution >= 0.6 is 11.8 Å². The average molecular weight is 283 g/mol. The molecule has 0 spiro atoms. The summed E-state index contributed by atoms with van der Waals surface area (Å²) in [6, 6.07) is 0.665. The summed E-state index contributed by atoms with van der Waals surface area (Å²) in [5.74, 6) is 3.03. The first-order valence-electron chi connectivity index (χ1n) is 7.24. The van der Waals surface area contributed by atoms with Crippen molar-refractivity contribution in [3.63, 3.8) is 0 Å². The molecule has 4 nitrogen and oxygen atoms in total. The van der Waals surface area contributed by atoms with Crippen LogP contribution in [-0.4, -0.2) is 39.2 Å². The van der Waals surface area contributed by atoms with Gasteiger partial charge >= 0.3 is 0 Å². The van der Waals surface area contributed by atoms with Gasteiger partial charge in [0.2, 0.25) is 11.8 Å². The van der Waals surface area contributed by atoms with E-state index < -0.39 is 0 Å². The highest BCUT2D eigenvalue weighted by Crippen LogP contribution is 2.32. The summed E-state index contributed by atoms with van der Waals surface area (Å²) in [4.78, 5) is 2.37. The van der Waals surface area contributed by atoms with Crippen molar-refractivity contribution in [3.8, 4) is 0 Å². The molecule has 108 valence electrons. The number of rotatable bonds is 6. The summed E-state index contributed by atoms with van der Waals surface area (Å²) < 4.78 is 5.68. The maximum Gasteiger partial charge on any atom is 0.230 e. The van der Waals surface area contributed by atoms with Crippen LogP contribution < -0.4 is 0 Å². The number of nitrogens with zero attached hydrogens (tertiary/aromatic N) is 3. The van der Waals surface area contributed by atoms with Crippen molar-refractivity contribution in [1.82, 2.24) is 15.1 Å². The molecule has 0 bridgehead atoms. The predicted molar refractivity (Wildman–Crippen MR) is 79.4 cm³/mol. The fraction of sp³-hybridized carbons (Fsp3) is 0.857. The molecule has 1 aliphatic rings. The van der Waals surface area contributed by atoms with Gasteiger partial charge in [-0.3, -0.25) is 4.90 Å². The normalized spacial score (nSPS) is 23.7. The standard InChI is InChI=1S/C14H25N3OS/c1-5-19-12-7-6-11(8-12)17(4)9-13-15-16-14(18-13)10(2)3/h10-12H,5-9H2,1-4H3/t11-,12-/m1/s1. The highest BCUT2D eigenvalue weighted by molar-refractivity contribution is 7.99. The SMILES string of the molecule is CCS[C@@H]1CC[C@@H](N(C)Cc2nnc(C(C)C)o2)C1. The quantitative estimate of drug-likeness (QED) is 0.801. The molecular weight excluding hydrogens is 258 g/mol. The van der Waals surface area contributed by atoms with Crippen LogP contribution in [0.5, 0.6) is 0 Å². The van der Waals surface area contributed by atoms with Crippen molar-refractivity contribution in [2.24, 2.45) is 0 Å². The molecule has 0 radical (unpaired) electrons. The molecule has 2 rings (SSSR count). The van der Waals surface area contributed by atoms with E-state index in [9.17, 15) is 0 Å². The minimum absolute atomic E-state index is 0.309. The molecule has 0 aromatic carbocycles. The minimum Gasteiger partial charge on any atom is -0.424 e. The van der Waals surface area contributed by atoms with Gasteiger partial charge in [0.05, 0.1) is 6.54 Å². The molecule has 1 aromatic heterocycles. The molecule has 5 heteroatoms. The van der Waals surface area contributed by atoms with Crippen molar-refractivity contribution in [2.75, 3.05) is 12.8 Å². The first kappa shape index (κ1) is 14.9. The first-order valence-corrected chi connectivity index (χ1v) is 8.29. The molecule has 19 heavy (non-hydrogen) atoms. The fourth-order valence-electron chi connectivity index (χ4n) is 2.61. The fourth-order valence-corrected chi connectivity index (χ4v) is 3.74. The van der Waals surface area contributed by atoms with Crippen molar-refractivity contribution in [1.29, 1.82) is 0 Å². The third-order valence-corrected chi connectivity index (χ3v) is 4.98. The number of hydrogen-bond donors (Lipinski definition) is 0. The third-order valence-electron chi connectivity index (χ3n) is 3.74. The highest BCUT2D eigenvalue weighted by Gasteiger charge is 2.28. The van der Waals surface area contributed by atoms with Gasteiger partial charge in [-0.05, 0) is 32.1 Å². The Kier molecular flexibility index (Phi) is 5.28. The maximum absolute atomic E-state index is 5.68. The van der Waals surface area contributed by atoms with Gasteiger partial charge in [0.15, 0.2) is 0 Å². The molecular formula is C14H25N3OS. The van der Waals surface area contributed by atoms with Gasteiger partial charge in [0, 0.05) is 17.2 Å². The Morgan fingerprint density at radius 3 is 2.79 bits per heavy atom. The Morgan fingerprint density at radius 2 is 2.16 bits per heavy atom. The van der Waals surface area contributed by atoms with Crippen LogP contribution in [0.15, 0.2) is 4.42 Å². The Labute approximate surface area is 120 Å². The topological polar surface area (TPSA) is 42.2 Å². The number of hydrogen-bond acceptors (Lipinski definition) is 5. The molecule has 0 unspecified atom stereocenters. The average Bonchev–Trinajstić information content (AvgIpc) is 2.98. The lowest BCUT2D eigenvalue weighted by Crippen LogP contribution is -2.29. The summed E-state index contributed by atoms with van der Waals surface area (Å²) in [6.07, 6.45) is 3.92. The Balaban J connectivity index is 1.85. The molecule has 0 aliphatic heterocycles. The van der Waals surface area contributed by atoms with Crippen LogP contribution in [0.25, 0.3) is 0 Å². The first-order chi connectivity index (χ1) is 9.10. The summed E-state index contributed by atoms with van der Waals surface area (Å²) in [5.41, 5.74) is 0. The number of thioether (sulfide) groups is 1. The zero-order valence-electron chi connectivity index (χ0n) is 12.4. The second-order valence-electron chi connectivity index (χ2n) is 5.65. The van der Waals surface area contributed by atoms with E-state index >= 15 is 0 Å². The summed E-state index contributed by atoms with van der Waals surface area (Å²) in [6.45, 7) is 7.16. The lowest BCUT2D eigenvalue weighted by atomic mass is 10.2. The van der Waals surface area contributed by atoms with Crippen molar-refractivity contribution >= 4 is 11.8 Å². The summed E-state index contributed by atoms with van der Waals surface area (Å²) >= 11 is 2.10. The van der Waals surface area contributed by atoms with Gasteiger partial charge in [-0.1, -0.05) is 20.8 Å². The van der Waals surface area contributed by atoms with Crippen molar-refractivity contribution in [3.05, 3.63) is 11.8 Å². The van der Waals surface area contributed by atoms with E-state index in [-0.39, 0.29) is 0 Å². The largest absolute Gasteiger partial charge is 0.424 e. The molecule has 1 fully saturated rings. The van der Waals surface area contributed by atoms with Crippen LogP contribution in [0.3, 0.4) is 0 Å². The van der Waals surface area contributed by atoms with Crippen molar-refractivity contribution < 1.29 is 4.42 Å². The van der Waals surface area contributed by atoms with Crippen LogP contribution in [-0.2, 0) is 6.54 Å². The van der Waals surface area contributed by atoms with E-state index in [0.717, 1.165) is 23.6 Å². The molecule has 1 saturated carbocycles. The highest BCUT2D eigenvalue weighted by atomic mass is 32.2. The van der Waals surface area contributed by atoms with Gasteiger partial charge in [-0.15, -0.1) is 10.2 Å². The Bertz CT molecular complexity index is 394. The maximum atomic E-state index is 5.68. The van der Waals surface area contributed by atoms with Crippen molar-refractivity contribution in [2.45, 2.75) is 63.8 Å². The van der Waals surface area contributed by atoms with Crippen LogP contribution in [0.1, 0.15) is 57.7 Å². The molecule has 1 heterocycles. The molecule has 1 aliphatic carbocycles. The van der Waals surface area contributed by atoms with Crippen LogP contribution in [0, 0.1) is 0 Å². The zero-order chi connectivity index (χ0) is 13.8. The Morgan fingerprint density at radius 1 is 1.37 bits per heavy atom. The minimum atomic E-state index is 0.309. The molecule has 0 saturated heterocycles. The van der Waals surface area contributed by atoms with E-state index in [0.29, 0.717) is 12.0 Å². The second kappa shape index (κ2) is 6.75. The Hall–Kier alpha value is -0.550. The zero-order valence-corrected chi connectivity index (χ0v) is 13.2. The lowest BCUT2D eigenvalue weighted by molar-refractivity contribution is 0.213. The van der Waals surface area contributed by atoms with E-state index in [1.54, 1.807) is 0 Å². The van der Waals surface area contributed by atoms with E-state index in [1.165, 1.54) is 25.0 Å². The summed E-state index contributed by atoms with van der Waals surface area (Å²) in [5, 5.41) is 9.07. The van der Waals surface area contributed by atoms with Gasteiger partial charge in [0.1, 0.15) is 0 Å². The second-order valence-corrected chi connectivity index (χ2v) is 7.23. The number of aromatic nitrogens is 2. The third kappa shape index (κ3) is 3.96. The van der Waals surface area contributed by atoms with E-state index in [2.05, 4.69) is 54.7 Å². The van der Waals surface area contributed by atoms with Crippen LogP contribution in [0.4, 0.5) is 0 Å². The van der Waals surface area contributed by atoms with E-state index in [1.807, 2.05) is 0 Å². The predicted octanol–water partition coefficient (Wildman–Crippen LogP) is 3.30. The van der Waals surface area contributed by atoms with E-state index in [4.69, 9.17) is 4.42 Å². The molecule has 1 aromatic rings. The van der Waals surface area contributed by atoms with Gasteiger partial charge in [0.25, 0.3) is 0 Å². The van der Waals surface area contributed by atoms with Gasteiger partial charge in [-0.2, -0.15) is 11.8 Å².